The van der Waals surface area contributed by atoms with E-state index in [2.05, 4.69) is 122 Å². The molecule has 0 N–H and O–H groups in total. The van der Waals surface area contributed by atoms with Crippen LogP contribution in [-0.4, -0.2) is 55.2 Å². The van der Waals surface area contributed by atoms with Crippen molar-refractivity contribution >= 4 is 55.4 Å². The molecule has 4 aromatic carbocycles. The Bertz CT molecular complexity index is 2630. The maximum absolute atomic E-state index is 5.95. The van der Waals surface area contributed by atoms with Crippen LogP contribution in [0, 0.1) is 0 Å². The summed E-state index contributed by atoms with van der Waals surface area (Å²) in [5.74, 6) is 2.84. The number of hydrogen-bond acceptors (Lipinski definition) is 6. The fourth-order valence-electron chi connectivity index (χ4n) is 7.56. The van der Waals surface area contributed by atoms with Crippen LogP contribution in [0.3, 0.4) is 0 Å². The average Bonchev–Trinajstić information content (AvgIpc) is 3.91. The number of fused-ring (bicyclic) bond motifs is 6. The first-order valence-electron chi connectivity index (χ1n) is 17.7. The van der Waals surface area contributed by atoms with Crippen LogP contribution in [0.4, 0.5) is 0 Å². The number of benzene rings is 4. The molecule has 0 saturated heterocycles. The minimum Gasteiger partial charge on any atom is -0.474 e. The topological polar surface area (TPSA) is 78.8 Å². The molecule has 0 fully saturated rings. The van der Waals surface area contributed by atoms with Gasteiger partial charge in [0.2, 0.25) is 11.8 Å². The summed E-state index contributed by atoms with van der Waals surface area (Å²) < 4.78 is 16.4. The third-order valence-electron chi connectivity index (χ3n) is 9.98. The first-order chi connectivity index (χ1) is 25.2. The van der Waals surface area contributed by atoms with Gasteiger partial charge in [0.1, 0.15) is 36.2 Å². The van der Waals surface area contributed by atoms with E-state index in [1.165, 1.54) is 21.5 Å². The van der Waals surface area contributed by atoms with Crippen molar-refractivity contribution in [3.63, 3.8) is 0 Å². The molecule has 10 rings (SSSR count). The largest absolute Gasteiger partial charge is 0.474 e. The van der Waals surface area contributed by atoms with E-state index in [0.29, 0.717) is 25.0 Å². The van der Waals surface area contributed by atoms with Crippen molar-refractivity contribution in [2.45, 2.75) is 38.8 Å². The highest BCUT2D eigenvalue weighted by Gasteiger charge is 2.29. The Morgan fingerprint density at radius 2 is 0.885 bits per heavy atom. The number of pyridine rings is 2. The molecule has 8 aromatic rings. The van der Waals surface area contributed by atoms with Crippen molar-refractivity contribution in [1.82, 2.24) is 19.1 Å². The van der Waals surface area contributed by atoms with Crippen LogP contribution < -0.4 is 0 Å². The summed E-state index contributed by atoms with van der Waals surface area (Å²) in [6, 6.07) is 42.6. The van der Waals surface area contributed by atoms with Crippen molar-refractivity contribution in [3.8, 4) is 22.8 Å². The highest BCUT2D eigenvalue weighted by atomic mass is 16.5. The summed E-state index contributed by atoms with van der Waals surface area (Å²) in [6.45, 7) is 9.39. The van der Waals surface area contributed by atoms with Crippen LogP contribution >= 0.6 is 0 Å². The lowest BCUT2D eigenvalue weighted by atomic mass is 10.0. The smallest absolute Gasteiger partial charge is 0.236 e. The molecule has 8 nitrogen and oxygen atoms in total. The molecule has 0 unspecified atom stereocenters. The predicted molar refractivity (Wildman–Crippen MR) is 209 cm³/mol. The molecular weight excluding hydrogens is 645 g/mol. The molecule has 52 heavy (non-hydrogen) atoms. The van der Waals surface area contributed by atoms with Crippen LogP contribution in [0.15, 0.2) is 131 Å². The maximum atomic E-state index is 5.95. The minimum absolute atomic E-state index is 0.256. The van der Waals surface area contributed by atoms with Gasteiger partial charge in [0.05, 0.1) is 33.1 Å². The van der Waals surface area contributed by atoms with Crippen molar-refractivity contribution < 1.29 is 9.47 Å². The van der Waals surface area contributed by atoms with E-state index in [4.69, 9.17) is 29.4 Å². The van der Waals surface area contributed by atoms with Gasteiger partial charge in [-0.3, -0.25) is 9.13 Å². The van der Waals surface area contributed by atoms with Crippen LogP contribution in [0.1, 0.15) is 39.1 Å². The van der Waals surface area contributed by atoms with E-state index in [1.54, 1.807) is 0 Å². The zero-order valence-electron chi connectivity index (χ0n) is 29.5. The van der Waals surface area contributed by atoms with Gasteiger partial charge in [-0.25, -0.2) is 20.0 Å². The summed E-state index contributed by atoms with van der Waals surface area (Å²) >= 11 is 0. The second-order valence-corrected chi connectivity index (χ2v) is 15.0. The standard InChI is InChI=1S/C44H36N6O2/c1-43(2)25-51-41(47-43)33-13-9-17-39(45-33)49-35-15-7-5-11-29(35)31-23-27(19-21-37(31)49)28-20-22-38-32(24-28)30-12-6-8-16-36(30)50(38)40-18-10-14-34(46-40)42-48-44(3,4)26-52-42/h5-24H,25-26H2,1-4H3. The molecule has 0 bridgehead atoms. The fraction of sp³-hybridized carbons (Fsp3) is 0.182. The van der Waals surface area contributed by atoms with Gasteiger partial charge in [0, 0.05) is 21.5 Å². The second-order valence-electron chi connectivity index (χ2n) is 15.0. The SMILES string of the molecule is CC1(C)COC(c2cccc(-n3c4ccccc4c4cc(-c5ccc6c(c5)c5ccccc5n6-c5cccc(C6=NC(C)(C)CO6)n5)ccc43)n2)=N1. The molecule has 0 spiro atoms. The number of hydrogen-bond donors (Lipinski definition) is 0. The quantitative estimate of drug-likeness (QED) is 0.181. The first-order valence-corrected chi connectivity index (χ1v) is 17.7. The Labute approximate surface area is 300 Å². The molecule has 2 aliphatic rings. The van der Waals surface area contributed by atoms with E-state index in [-0.39, 0.29) is 11.1 Å². The monoisotopic (exact) mass is 680 g/mol. The molecule has 0 amide bonds. The van der Waals surface area contributed by atoms with Gasteiger partial charge in [-0.15, -0.1) is 0 Å². The average molecular weight is 681 g/mol. The Hall–Kier alpha value is -6.28. The lowest BCUT2D eigenvalue weighted by Gasteiger charge is -2.10. The number of aromatic nitrogens is 4. The molecule has 2 aliphatic heterocycles. The Balaban J connectivity index is 1.10. The maximum Gasteiger partial charge on any atom is 0.236 e. The second kappa shape index (κ2) is 11.1. The van der Waals surface area contributed by atoms with E-state index < -0.39 is 0 Å². The Morgan fingerprint density at radius 3 is 1.31 bits per heavy atom. The first kappa shape index (κ1) is 30.5. The molecule has 0 saturated carbocycles. The van der Waals surface area contributed by atoms with Gasteiger partial charge in [-0.1, -0.05) is 60.7 Å². The lowest BCUT2D eigenvalue weighted by Crippen LogP contribution is -2.17. The minimum atomic E-state index is -0.256. The third kappa shape index (κ3) is 4.89. The number of aliphatic imine (C=N–C) groups is 2. The summed E-state index contributed by atoms with van der Waals surface area (Å²) in [5, 5.41) is 4.68. The fourth-order valence-corrected chi connectivity index (χ4v) is 7.56. The molecule has 8 heteroatoms. The number of rotatable bonds is 5. The molecule has 254 valence electrons. The molecule has 0 aliphatic carbocycles. The highest BCUT2D eigenvalue weighted by molar-refractivity contribution is 6.12. The molecule has 0 atom stereocenters. The van der Waals surface area contributed by atoms with Gasteiger partial charge in [-0.2, -0.15) is 0 Å². The van der Waals surface area contributed by atoms with Crippen molar-refractivity contribution in [2.75, 3.05) is 13.2 Å². The molecule has 0 radical (unpaired) electrons. The number of ether oxygens (including phenoxy) is 2. The summed E-state index contributed by atoms with van der Waals surface area (Å²) in [7, 11) is 0. The van der Waals surface area contributed by atoms with Gasteiger partial charge < -0.3 is 9.47 Å². The van der Waals surface area contributed by atoms with Crippen molar-refractivity contribution in [2.24, 2.45) is 9.98 Å². The summed E-state index contributed by atoms with van der Waals surface area (Å²) in [6.07, 6.45) is 0. The van der Waals surface area contributed by atoms with Crippen LogP contribution in [-0.2, 0) is 9.47 Å². The third-order valence-corrected chi connectivity index (χ3v) is 9.98. The van der Waals surface area contributed by atoms with Crippen LogP contribution in [0.2, 0.25) is 0 Å². The molecule has 4 aromatic heterocycles. The zero-order chi connectivity index (χ0) is 35.2. The number of nitrogens with zero attached hydrogens (tertiary/aromatic N) is 6. The molecule has 6 heterocycles. The van der Waals surface area contributed by atoms with E-state index in [9.17, 15) is 0 Å². The Kier molecular flexibility index (Phi) is 6.52. The van der Waals surface area contributed by atoms with E-state index >= 15 is 0 Å². The Morgan fingerprint density at radius 1 is 0.462 bits per heavy atom. The lowest BCUT2D eigenvalue weighted by molar-refractivity contribution is 0.279. The predicted octanol–water partition coefficient (Wildman–Crippen LogP) is 9.45. The molecular formula is C44H36N6O2. The van der Waals surface area contributed by atoms with Crippen LogP contribution in [0.5, 0.6) is 0 Å². The van der Waals surface area contributed by atoms with Gasteiger partial charge in [0.15, 0.2) is 0 Å². The van der Waals surface area contributed by atoms with Crippen LogP contribution in [0.25, 0.3) is 66.4 Å². The zero-order valence-corrected chi connectivity index (χ0v) is 29.5. The van der Waals surface area contributed by atoms with Gasteiger partial charge in [-0.05, 0) is 99.5 Å². The highest BCUT2D eigenvalue weighted by Crippen LogP contribution is 2.38. The summed E-state index contributed by atoms with van der Waals surface area (Å²) in [5.41, 5.74) is 7.63. The summed E-state index contributed by atoms with van der Waals surface area (Å²) in [4.78, 5) is 19.7. The van der Waals surface area contributed by atoms with E-state index in [0.717, 1.165) is 56.2 Å². The van der Waals surface area contributed by atoms with Crippen molar-refractivity contribution in [1.29, 1.82) is 0 Å². The van der Waals surface area contributed by atoms with E-state index in [1.807, 2.05) is 36.4 Å². The number of para-hydroxylation sites is 2. The van der Waals surface area contributed by atoms with Crippen molar-refractivity contribution in [3.05, 3.63) is 133 Å². The van der Waals surface area contributed by atoms with Gasteiger partial charge in [0.25, 0.3) is 0 Å². The van der Waals surface area contributed by atoms with Gasteiger partial charge >= 0.3 is 0 Å². The normalized spacial score (nSPS) is 16.4.